The molecule has 0 radical (unpaired) electrons. The molecule has 104 valence electrons. The average Bonchev–Trinajstić information content (AvgIpc) is 2.91. The van der Waals surface area contributed by atoms with Gasteiger partial charge in [-0.15, -0.1) is 11.3 Å². The number of methoxy groups -OCH3 is 2. The second-order valence-corrected chi connectivity index (χ2v) is 5.86. The highest BCUT2D eigenvalue weighted by atomic mass is 32.1. The lowest BCUT2D eigenvalue weighted by Gasteiger charge is -2.19. The molecule has 0 bridgehead atoms. The number of ether oxygens (including phenoxy) is 2. The summed E-state index contributed by atoms with van der Waals surface area (Å²) >= 11 is 1.75. The van der Waals surface area contributed by atoms with Crippen molar-refractivity contribution in [2.75, 3.05) is 20.8 Å². The van der Waals surface area contributed by atoms with Crippen LogP contribution >= 0.6 is 11.3 Å². The number of thiophene rings is 1. The van der Waals surface area contributed by atoms with Crippen molar-refractivity contribution in [3.63, 3.8) is 0 Å². The zero-order valence-electron chi connectivity index (χ0n) is 11.9. The number of hydrogen-bond acceptors (Lipinski definition) is 4. The molecule has 0 amide bonds. The molecule has 20 heavy (non-hydrogen) atoms. The van der Waals surface area contributed by atoms with Crippen molar-refractivity contribution < 1.29 is 9.47 Å². The van der Waals surface area contributed by atoms with Crippen LogP contribution in [0.1, 0.15) is 21.6 Å². The van der Waals surface area contributed by atoms with Crippen molar-refractivity contribution in [1.82, 2.24) is 0 Å². The van der Waals surface area contributed by atoms with Crippen molar-refractivity contribution in [1.29, 1.82) is 0 Å². The number of fused-ring (bicyclic) bond motifs is 1. The van der Waals surface area contributed by atoms with Gasteiger partial charge in [-0.3, -0.25) is 4.99 Å². The quantitative estimate of drug-likeness (QED) is 0.865. The molecule has 1 aromatic heterocycles. The molecule has 0 saturated heterocycles. The predicted molar refractivity (Wildman–Crippen MR) is 82.8 cm³/mol. The van der Waals surface area contributed by atoms with Gasteiger partial charge in [-0.05, 0) is 42.5 Å². The van der Waals surface area contributed by atoms with Crippen LogP contribution in [0.25, 0.3) is 0 Å². The van der Waals surface area contributed by atoms with Crippen molar-refractivity contribution in [2.24, 2.45) is 4.99 Å². The van der Waals surface area contributed by atoms with Gasteiger partial charge in [0, 0.05) is 22.5 Å². The standard InChI is InChI=1S/C16H17NO2S/c1-10-12(5-7-20-10)16-13-9-15(19-3)14(18-2)8-11(13)4-6-17-16/h5,7-9H,4,6H2,1-3H3. The van der Waals surface area contributed by atoms with E-state index >= 15 is 0 Å². The lowest BCUT2D eigenvalue weighted by atomic mass is 9.93. The van der Waals surface area contributed by atoms with Crippen LogP contribution in [0, 0.1) is 6.92 Å². The zero-order chi connectivity index (χ0) is 14.1. The Balaban J connectivity index is 2.15. The van der Waals surface area contributed by atoms with E-state index in [0.717, 1.165) is 35.7 Å². The summed E-state index contributed by atoms with van der Waals surface area (Å²) in [4.78, 5) is 6.03. The molecule has 1 aliphatic heterocycles. The Kier molecular flexibility index (Phi) is 3.49. The van der Waals surface area contributed by atoms with Crippen LogP contribution in [0.15, 0.2) is 28.6 Å². The normalized spacial score (nSPS) is 13.7. The molecule has 0 aliphatic carbocycles. The summed E-state index contributed by atoms with van der Waals surface area (Å²) < 4.78 is 10.8. The second kappa shape index (κ2) is 5.29. The second-order valence-electron chi connectivity index (χ2n) is 4.74. The van der Waals surface area contributed by atoms with Crippen LogP contribution in [0.4, 0.5) is 0 Å². The molecule has 0 N–H and O–H groups in total. The molecule has 0 spiro atoms. The summed E-state index contributed by atoms with van der Waals surface area (Å²) in [6, 6.07) is 6.26. The molecule has 1 aliphatic rings. The average molecular weight is 287 g/mol. The zero-order valence-corrected chi connectivity index (χ0v) is 12.7. The van der Waals surface area contributed by atoms with Gasteiger partial charge in [0.05, 0.1) is 19.9 Å². The van der Waals surface area contributed by atoms with E-state index in [0.29, 0.717) is 0 Å². The number of rotatable bonds is 3. The van der Waals surface area contributed by atoms with E-state index < -0.39 is 0 Å². The fourth-order valence-corrected chi connectivity index (χ4v) is 3.28. The maximum Gasteiger partial charge on any atom is 0.161 e. The molecule has 0 saturated carbocycles. The summed E-state index contributed by atoms with van der Waals surface area (Å²) in [5.74, 6) is 1.54. The predicted octanol–water partition coefficient (Wildman–Crippen LogP) is 3.47. The lowest BCUT2D eigenvalue weighted by molar-refractivity contribution is 0.354. The molecule has 3 rings (SSSR count). The molecule has 0 fully saturated rings. The van der Waals surface area contributed by atoms with Gasteiger partial charge in [0.25, 0.3) is 0 Å². The van der Waals surface area contributed by atoms with Crippen LogP contribution < -0.4 is 9.47 Å². The molecule has 2 heterocycles. The van der Waals surface area contributed by atoms with Gasteiger partial charge in [-0.2, -0.15) is 0 Å². The number of nitrogens with zero attached hydrogens (tertiary/aromatic N) is 1. The van der Waals surface area contributed by atoms with Crippen molar-refractivity contribution in [2.45, 2.75) is 13.3 Å². The molecule has 0 atom stereocenters. The van der Waals surface area contributed by atoms with E-state index in [-0.39, 0.29) is 0 Å². The van der Waals surface area contributed by atoms with Gasteiger partial charge in [0.1, 0.15) is 0 Å². The summed E-state index contributed by atoms with van der Waals surface area (Å²) in [6.45, 7) is 2.96. The van der Waals surface area contributed by atoms with Crippen LogP contribution in [0.2, 0.25) is 0 Å². The minimum absolute atomic E-state index is 0.758. The first-order valence-electron chi connectivity index (χ1n) is 6.58. The molecule has 4 heteroatoms. The first kappa shape index (κ1) is 13.2. The summed E-state index contributed by atoms with van der Waals surface area (Å²) in [7, 11) is 3.34. The minimum Gasteiger partial charge on any atom is -0.493 e. The highest BCUT2D eigenvalue weighted by Crippen LogP contribution is 2.34. The highest BCUT2D eigenvalue weighted by molar-refractivity contribution is 7.10. The number of hydrogen-bond donors (Lipinski definition) is 0. The van der Waals surface area contributed by atoms with E-state index in [9.17, 15) is 0 Å². The Morgan fingerprint density at radius 1 is 1.10 bits per heavy atom. The lowest BCUT2D eigenvalue weighted by Crippen LogP contribution is -2.15. The van der Waals surface area contributed by atoms with Gasteiger partial charge in [0.15, 0.2) is 11.5 Å². The Morgan fingerprint density at radius 3 is 2.50 bits per heavy atom. The summed E-state index contributed by atoms with van der Waals surface area (Å²) in [6.07, 6.45) is 0.947. The Morgan fingerprint density at radius 2 is 1.85 bits per heavy atom. The molecular formula is C16H17NO2S. The smallest absolute Gasteiger partial charge is 0.161 e. The fourth-order valence-electron chi connectivity index (χ4n) is 2.58. The Labute approximate surface area is 122 Å². The third-order valence-corrected chi connectivity index (χ3v) is 4.48. The third kappa shape index (κ3) is 2.10. The van der Waals surface area contributed by atoms with Crippen LogP contribution in [0.5, 0.6) is 11.5 Å². The maximum absolute atomic E-state index is 5.42. The van der Waals surface area contributed by atoms with Gasteiger partial charge in [-0.1, -0.05) is 0 Å². The van der Waals surface area contributed by atoms with E-state index in [2.05, 4.69) is 24.4 Å². The first-order chi connectivity index (χ1) is 9.74. The van der Waals surface area contributed by atoms with E-state index in [1.807, 2.05) is 6.07 Å². The Hall–Kier alpha value is -1.81. The molecule has 0 unspecified atom stereocenters. The van der Waals surface area contributed by atoms with Gasteiger partial charge in [-0.25, -0.2) is 0 Å². The largest absolute Gasteiger partial charge is 0.493 e. The van der Waals surface area contributed by atoms with Gasteiger partial charge in [0.2, 0.25) is 0 Å². The number of benzene rings is 1. The highest BCUT2D eigenvalue weighted by Gasteiger charge is 2.20. The topological polar surface area (TPSA) is 30.8 Å². The SMILES string of the molecule is COc1cc2c(cc1OC)C(c1ccsc1C)=NCC2. The van der Waals surface area contributed by atoms with E-state index in [4.69, 9.17) is 14.5 Å². The molecule has 2 aromatic rings. The third-order valence-electron chi connectivity index (χ3n) is 3.63. The van der Waals surface area contributed by atoms with E-state index in [1.54, 1.807) is 25.6 Å². The van der Waals surface area contributed by atoms with Crippen LogP contribution in [-0.2, 0) is 6.42 Å². The van der Waals surface area contributed by atoms with Gasteiger partial charge < -0.3 is 9.47 Å². The number of aliphatic imine (C=N–C) groups is 1. The van der Waals surface area contributed by atoms with E-state index in [1.165, 1.54) is 16.0 Å². The summed E-state index contributed by atoms with van der Waals surface area (Å²) in [5, 5.41) is 2.11. The summed E-state index contributed by atoms with van der Waals surface area (Å²) in [5.41, 5.74) is 4.74. The number of aryl methyl sites for hydroxylation is 1. The minimum atomic E-state index is 0.758. The van der Waals surface area contributed by atoms with Crippen LogP contribution in [-0.4, -0.2) is 26.5 Å². The maximum atomic E-state index is 5.42. The van der Waals surface area contributed by atoms with Crippen molar-refractivity contribution in [3.8, 4) is 11.5 Å². The van der Waals surface area contributed by atoms with Crippen molar-refractivity contribution in [3.05, 3.63) is 45.1 Å². The Bertz CT molecular complexity index is 673. The van der Waals surface area contributed by atoms with Crippen molar-refractivity contribution >= 4 is 17.0 Å². The molecule has 1 aromatic carbocycles. The monoisotopic (exact) mass is 287 g/mol. The molecular weight excluding hydrogens is 270 g/mol. The first-order valence-corrected chi connectivity index (χ1v) is 7.46. The fraction of sp³-hybridized carbons (Fsp3) is 0.312. The van der Waals surface area contributed by atoms with Crippen LogP contribution in [0.3, 0.4) is 0 Å². The molecule has 3 nitrogen and oxygen atoms in total. The van der Waals surface area contributed by atoms with Gasteiger partial charge >= 0.3 is 0 Å².